The van der Waals surface area contributed by atoms with Gasteiger partial charge in [-0.15, -0.1) is 0 Å². The van der Waals surface area contributed by atoms with Crippen molar-refractivity contribution in [1.82, 2.24) is 9.55 Å². The van der Waals surface area contributed by atoms with Crippen LogP contribution in [0.2, 0.25) is 0 Å². The number of nitriles is 1. The van der Waals surface area contributed by atoms with Crippen LogP contribution in [0, 0.1) is 11.3 Å². The molecule has 0 saturated carbocycles. The van der Waals surface area contributed by atoms with E-state index >= 15 is 0 Å². The van der Waals surface area contributed by atoms with Crippen LogP contribution in [0.25, 0.3) is 0 Å². The number of hydrogen-bond acceptors (Lipinski definition) is 4. The number of rotatable bonds is 6. The highest BCUT2D eigenvalue weighted by Crippen LogP contribution is 2.26. The Morgan fingerprint density at radius 2 is 1.96 bits per heavy atom. The summed E-state index contributed by atoms with van der Waals surface area (Å²) in [7, 11) is 0. The fraction of sp³-hybridized carbons (Fsp3) is 0.444. The number of aliphatic hydroxyl groups excluding tert-OH is 1. The SMILES string of the molecule is CC(C)(C)c1ccc(CSc2ncc(CO)n2CCC#N)cc1. The van der Waals surface area contributed by atoms with Gasteiger partial charge in [0.15, 0.2) is 5.16 Å². The Hall–Kier alpha value is -1.77. The molecule has 0 atom stereocenters. The van der Waals surface area contributed by atoms with E-state index in [0.717, 1.165) is 16.6 Å². The minimum absolute atomic E-state index is 0.0563. The third-order valence-electron chi connectivity index (χ3n) is 3.70. The van der Waals surface area contributed by atoms with E-state index in [2.05, 4.69) is 56.1 Å². The summed E-state index contributed by atoms with van der Waals surface area (Å²) in [4.78, 5) is 4.37. The summed E-state index contributed by atoms with van der Waals surface area (Å²) in [5.74, 6) is 0.818. The largest absolute Gasteiger partial charge is 0.390 e. The molecule has 2 aromatic rings. The number of aliphatic hydroxyl groups is 1. The van der Waals surface area contributed by atoms with Crippen molar-refractivity contribution in [1.29, 1.82) is 5.26 Å². The van der Waals surface area contributed by atoms with E-state index < -0.39 is 0 Å². The van der Waals surface area contributed by atoms with Crippen molar-refractivity contribution in [3.05, 3.63) is 47.3 Å². The molecule has 23 heavy (non-hydrogen) atoms. The Morgan fingerprint density at radius 1 is 1.26 bits per heavy atom. The summed E-state index contributed by atoms with van der Waals surface area (Å²) in [5.41, 5.74) is 3.48. The van der Waals surface area contributed by atoms with Crippen LogP contribution in [0.5, 0.6) is 0 Å². The molecule has 0 amide bonds. The summed E-state index contributed by atoms with van der Waals surface area (Å²) >= 11 is 1.63. The summed E-state index contributed by atoms with van der Waals surface area (Å²) in [5, 5.41) is 19.0. The summed E-state index contributed by atoms with van der Waals surface area (Å²) in [6, 6.07) is 10.8. The Kier molecular flexibility index (Phi) is 5.86. The molecular weight excluding hydrogens is 306 g/mol. The number of benzene rings is 1. The highest BCUT2D eigenvalue weighted by molar-refractivity contribution is 7.98. The third-order valence-corrected chi connectivity index (χ3v) is 4.76. The van der Waals surface area contributed by atoms with E-state index in [1.54, 1.807) is 18.0 Å². The smallest absolute Gasteiger partial charge is 0.168 e. The minimum Gasteiger partial charge on any atom is -0.390 e. The summed E-state index contributed by atoms with van der Waals surface area (Å²) < 4.78 is 1.93. The first-order valence-corrected chi connectivity index (χ1v) is 8.68. The van der Waals surface area contributed by atoms with E-state index in [1.165, 1.54) is 11.1 Å². The molecule has 122 valence electrons. The molecule has 0 fully saturated rings. The zero-order chi connectivity index (χ0) is 16.9. The van der Waals surface area contributed by atoms with Crippen molar-refractivity contribution in [3.8, 4) is 6.07 Å². The third kappa shape index (κ3) is 4.60. The lowest BCUT2D eigenvalue weighted by Gasteiger charge is -2.19. The average molecular weight is 329 g/mol. The molecule has 0 spiro atoms. The van der Waals surface area contributed by atoms with Crippen molar-refractivity contribution in [3.63, 3.8) is 0 Å². The number of thioether (sulfide) groups is 1. The number of imidazole rings is 1. The first-order chi connectivity index (χ1) is 11.0. The van der Waals surface area contributed by atoms with Crippen molar-refractivity contribution < 1.29 is 5.11 Å². The quantitative estimate of drug-likeness (QED) is 0.817. The second-order valence-electron chi connectivity index (χ2n) is 6.49. The second kappa shape index (κ2) is 7.67. The van der Waals surface area contributed by atoms with E-state index in [-0.39, 0.29) is 12.0 Å². The van der Waals surface area contributed by atoms with Crippen molar-refractivity contribution >= 4 is 11.8 Å². The van der Waals surface area contributed by atoms with E-state index in [1.807, 2.05) is 4.57 Å². The molecule has 4 nitrogen and oxygen atoms in total. The Bertz CT molecular complexity index is 678. The van der Waals surface area contributed by atoms with Crippen molar-refractivity contribution in [2.24, 2.45) is 0 Å². The Labute approximate surface area is 142 Å². The van der Waals surface area contributed by atoms with Gasteiger partial charge in [-0.05, 0) is 16.5 Å². The fourth-order valence-electron chi connectivity index (χ4n) is 2.28. The molecule has 1 heterocycles. The van der Waals surface area contributed by atoms with Gasteiger partial charge in [-0.25, -0.2) is 4.98 Å². The standard InChI is InChI=1S/C18H23N3OS/c1-18(2,3)15-7-5-14(6-8-15)13-23-17-20-11-16(12-22)21(17)10-4-9-19/h5-8,11,22H,4,10,12-13H2,1-3H3. The van der Waals surface area contributed by atoms with Crippen LogP contribution in [-0.2, 0) is 24.3 Å². The lowest BCUT2D eigenvalue weighted by atomic mass is 9.87. The van der Waals surface area contributed by atoms with Crippen LogP contribution in [-0.4, -0.2) is 14.7 Å². The molecule has 0 unspecified atom stereocenters. The molecule has 0 bridgehead atoms. The molecule has 1 aromatic carbocycles. The van der Waals surface area contributed by atoms with Gasteiger partial charge in [-0.2, -0.15) is 5.26 Å². The lowest BCUT2D eigenvalue weighted by molar-refractivity contribution is 0.269. The van der Waals surface area contributed by atoms with Gasteiger partial charge >= 0.3 is 0 Å². The second-order valence-corrected chi connectivity index (χ2v) is 7.43. The first kappa shape index (κ1) is 17.6. The van der Waals surface area contributed by atoms with Crippen LogP contribution >= 0.6 is 11.8 Å². The predicted octanol–water partition coefficient (Wildman–Crippen LogP) is 3.88. The van der Waals surface area contributed by atoms with Gasteiger partial charge in [0.25, 0.3) is 0 Å². The molecule has 0 saturated heterocycles. The monoisotopic (exact) mass is 329 g/mol. The fourth-order valence-corrected chi connectivity index (χ4v) is 3.26. The summed E-state index contributed by atoms with van der Waals surface area (Å²) in [6.07, 6.45) is 2.10. The zero-order valence-corrected chi connectivity index (χ0v) is 14.7. The average Bonchev–Trinajstić information content (AvgIpc) is 2.92. The highest BCUT2D eigenvalue weighted by atomic mass is 32.2. The number of hydrogen-bond donors (Lipinski definition) is 1. The maximum atomic E-state index is 9.37. The molecular formula is C18H23N3OS. The molecule has 0 radical (unpaired) electrons. The van der Waals surface area contributed by atoms with Gasteiger partial charge in [0.05, 0.1) is 31.0 Å². The summed E-state index contributed by atoms with van der Waals surface area (Å²) in [6.45, 7) is 7.13. The van der Waals surface area contributed by atoms with Gasteiger partial charge in [0, 0.05) is 12.3 Å². The van der Waals surface area contributed by atoms with E-state index in [9.17, 15) is 5.11 Å². The number of nitrogens with zero attached hydrogens (tertiary/aromatic N) is 3. The lowest BCUT2D eigenvalue weighted by Crippen LogP contribution is -2.10. The van der Waals surface area contributed by atoms with Crippen molar-refractivity contribution in [2.75, 3.05) is 0 Å². The number of aromatic nitrogens is 2. The molecule has 0 aliphatic heterocycles. The normalized spacial score (nSPS) is 11.4. The molecule has 1 N–H and O–H groups in total. The molecule has 0 aliphatic carbocycles. The maximum absolute atomic E-state index is 9.37. The maximum Gasteiger partial charge on any atom is 0.168 e. The Morgan fingerprint density at radius 3 is 2.52 bits per heavy atom. The van der Waals surface area contributed by atoms with Crippen molar-refractivity contribution in [2.45, 2.75) is 56.7 Å². The Balaban J connectivity index is 2.06. The zero-order valence-electron chi connectivity index (χ0n) is 13.9. The van der Waals surface area contributed by atoms with Crippen LogP contribution in [0.1, 0.15) is 44.0 Å². The van der Waals surface area contributed by atoms with E-state index in [4.69, 9.17) is 5.26 Å². The van der Waals surface area contributed by atoms with Gasteiger partial charge in [-0.3, -0.25) is 0 Å². The highest BCUT2D eigenvalue weighted by Gasteiger charge is 2.13. The van der Waals surface area contributed by atoms with Gasteiger partial charge in [-0.1, -0.05) is 56.8 Å². The predicted molar refractivity (Wildman–Crippen MR) is 93.1 cm³/mol. The van der Waals surface area contributed by atoms with Gasteiger partial charge in [0.2, 0.25) is 0 Å². The van der Waals surface area contributed by atoms with Crippen LogP contribution < -0.4 is 0 Å². The van der Waals surface area contributed by atoms with Crippen LogP contribution in [0.4, 0.5) is 0 Å². The van der Waals surface area contributed by atoms with Crippen LogP contribution in [0.3, 0.4) is 0 Å². The van der Waals surface area contributed by atoms with Crippen LogP contribution in [0.15, 0.2) is 35.6 Å². The molecule has 2 rings (SSSR count). The molecule has 0 aliphatic rings. The topological polar surface area (TPSA) is 61.8 Å². The molecule has 1 aromatic heterocycles. The first-order valence-electron chi connectivity index (χ1n) is 7.70. The van der Waals surface area contributed by atoms with E-state index in [0.29, 0.717) is 13.0 Å². The van der Waals surface area contributed by atoms with Gasteiger partial charge in [0.1, 0.15) is 0 Å². The molecule has 5 heteroatoms. The van der Waals surface area contributed by atoms with Gasteiger partial charge < -0.3 is 9.67 Å². The minimum atomic E-state index is -0.0563.